The molecule has 0 aromatic rings. The second-order valence-corrected chi connectivity index (χ2v) is 9.78. The van der Waals surface area contributed by atoms with Gasteiger partial charge in [0.05, 0.1) is 38.8 Å². The third-order valence-electron chi connectivity index (χ3n) is 3.24. The molecule has 0 spiro atoms. The highest BCUT2D eigenvalue weighted by Gasteiger charge is 2.29. The fourth-order valence-electron chi connectivity index (χ4n) is 2.19. The van der Waals surface area contributed by atoms with Crippen LogP contribution in [0.15, 0.2) is 12.2 Å². The molecule has 0 aliphatic carbocycles. The first-order chi connectivity index (χ1) is 12.2. The molecule has 0 unspecified atom stereocenters. The minimum Gasteiger partial charge on any atom is -0.338 e. The standard InChI is InChI=1S/C16H33NO7P2/c1-7-21-25(19,22-8-2)13-11-17(16(18)15(5)6)12-14-26(20,23-9-3)24-10-4/h5,7-14H2,1-4,6H3. The molecule has 0 saturated heterocycles. The molecule has 0 aromatic carbocycles. The predicted molar refractivity (Wildman–Crippen MR) is 103 cm³/mol. The first-order valence-corrected chi connectivity index (χ1v) is 12.3. The van der Waals surface area contributed by atoms with E-state index in [-0.39, 0.29) is 57.7 Å². The highest BCUT2D eigenvalue weighted by molar-refractivity contribution is 7.54. The summed E-state index contributed by atoms with van der Waals surface area (Å²) in [6.07, 6.45) is 0.0859. The van der Waals surface area contributed by atoms with Gasteiger partial charge in [-0.25, -0.2) is 0 Å². The normalized spacial score (nSPS) is 12.2. The SMILES string of the molecule is C=C(C)C(=O)N(CCP(=O)(OCC)OCC)CCP(=O)(OCC)OCC. The lowest BCUT2D eigenvalue weighted by atomic mass is 10.3. The van der Waals surface area contributed by atoms with E-state index in [0.29, 0.717) is 5.57 Å². The van der Waals surface area contributed by atoms with E-state index < -0.39 is 15.2 Å². The van der Waals surface area contributed by atoms with Gasteiger partial charge in [0, 0.05) is 18.7 Å². The summed E-state index contributed by atoms with van der Waals surface area (Å²) >= 11 is 0. The Hall–Kier alpha value is -0.490. The molecule has 0 radical (unpaired) electrons. The van der Waals surface area contributed by atoms with Gasteiger partial charge in [-0.05, 0) is 34.6 Å². The van der Waals surface area contributed by atoms with Crippen molar-refractivity contribution in [2.24, 2.45) is 0 Å². The second kappa shape index (κ2) is 12.8. The van der Waals surface area contributed by atoms with Crippen LogP contribution in [-0.2, 0) is 32.0 Å². The Balaban J connectivity index is 5.12. The van der Waals surface area contributed by atoms with Gasteiger partial charge < -0.3 is 23.0 Å². The topological polar surface area (TPSA) is 91.4 Å². The van der Waals surface area contributed by atoms with Crippen molar-refractivity contribution < 1.29 is 32.0 Å². The lowest BCUT2D eigenvalue weighted by Gasteiger charge is -2.27. The molecular formula is C16H33NO7P2. The van der Waals surface area contributed by atoms with E-state index in [0.717, 1.165) is 0 Å². The zero-order valence-electron chi connectivity index (χ0n) is 16.6. The summed E-state index contributed by atoms with van der Waals surface area (Å²) in [4.78, 5) is 13.8. The van der Waals surface area contributed by atoms with Gasteiger partial charge in [-0.3, -0.25) is 13.9 Å². The van der Waals surface area contributed by atoms with E-state index in [1.54, 1.807) is 34.6 Å². The van der Waals surface area contributed by atoms with Gasteiger partial charge in [0.1, 0.15) is 0 Å². The van der Waals surface area contributed by atoms with Crippen LogP contribution >= 0.6 is 15.2 Å². The van der Waals surface area contributed by atoms with Crippen molar-refractivity contribution in [2.45, 2.75) is 34.6 Å². The molecule has 10 heteroatoms. The molecule has 154 valence electrons. The Kier molecular flexibility index (Phi) is 12.6. The number of hydrogen-bond acceptors (Lipinski definition) is 7. The van der Waals surface area contributed by atoms with Gasteiger partial charge in [-0.2, -0.15) is 0 Å². The number of nitrogens with zero attached hydrogens (tertiary/aromatic N) is 1. The summed E-state index contributed by atoms with van der Waals surface area (Å²) in [6.45, 7) is 13.4. The van der Waals surface area contributed by atoms with Gasteiger partial charge >= 0.3 is 15.2 Å². The first-order valence-electron chi connectivity index (χ1n) is 8.87. The van der Waals surface area contributed by atoms with Crippen LogP contribution in [0.5, 0.6) is 0 Å². The molecule has 0 fully saturated rings. The van der Waals surface area contributed by atoms with Crippen molar-refractivity contribution in [3.63, 3.8) is 0 Å². The van der Waals surface area contributed by atoms with E-state index in [1.807, 2.05) is 0 Å². The maximum atomic E-state index is 12.6. The molecule has 0 aliphatic rings. The zero-order valence-corrected chi connectivity index (χ0v) is 18.4. The van der Waals surface area contributed by atoms with Crippen LogP contribution in [0, 0.1) is 0 Å². The predicted octanol–water partition coefficient (Wildman–Crippen LogP) is 3.92. The van der Waals surface area contributed by atoms with Crippen molar-refractivity contribution in [3.8, 4) is 0 Å². The number of carbonyl (C=O) groups is 1. The van der Waals surface area contributed by atoms with Crippen LogP contribution in [0.25, 0.3) is 0 Å². The van der Waals surface area contributed by atoms with Crippen molar-refractivity contribution in [3.05, 3.63) is 12.2 Å². The molecule has 0 rings (SSSR count). The van der Waals surface area contributed by atoms with Gasteiger partial charge in [-0.1, -0.05) is 6.58 Å². The fraction of sp³-hybridized carbons (Fsp3) is 0.812. The minimum absolute atomic E-state index is 0.0429. The van der Waals surface area contributed by atoms with Crippen LogP contribution in [0.4, 0.5) is 0 Å². The Morgan fingerprint density at radius 2 is 1.12 bits per heavy atom. The van der Waals surface area contributed by atoms with E-state index in [2.05, 4.69) is 6.58 Å². The van der Waals surface area contributed by atoms with Crippen LogP contribution < -0.4 is 0 Å². The molecule has 0 heterocycles. The zero-order chi connectivity index (χ0) is 20.2. The van der Waals surface area contributed by atoms with Crippen LogP contribution in [0.1, 0.15) is 34.6 Å². The largest absolute Gasteiger partial charge is 0.338 e. The Labute approximate surface area is 157 Å². The van der Waals surface area contributed by atoms with Crippen molar-refractivity contribution in [1.82, 2.24) is 4.90 Å². The van der Waals surface area contributed by atoms with E-state index in [1.165, 1.54) is 4.90 Å². The molecule has 0 aliphatic heterocycles. The van der Waals surface area contributed by atoms with Gasteiger partial charge in [0.15, 0.2) is 0 Å². The van der Waals surface area contributed by atoms with E-state index >= 15 is 0 Å². The Bertz CT molecular complexity index is 485. The Morgan fingerprint density at radius 1 is 0.808 bits per heavy atom. The molecule has 26 heavy (non-hydrogen) atoms. The lowest BCUT2D eigenvalue weighted by molar-refractivity contribution is -0.126. The van der Waals surface area contributed by atoms with E-state index in [4.69, 9.17) is 18.1 Å². The van der Waals surface area contributed by atoms with Gasteiger partial charge in [0.25, 0.3) is 0 Å². The smallest absolute Gasteiger partial charge is 0.332 e. The average Bonchev–Trinajstić information content (AvgIpc) is 2.55. The van der Waals surface area contributed by atoms with Crippen molar-refractivity contribution in [1.29, 1.82) is 0 Å². The lowest BCUT2D eigenvalue weighted by Crippen LogP contribution is -2.36. The number of rotatable bonds is 15. The first kappa shape index (κ1) is 25.5. The van der Waals surface area contributed by atoms with E-state index in [9.17, 15) is 13.9 Å². The molecule has 0 atom stereocenters. The monoisotopic (exact) mass is 413 g/mol. The van der Waals surface area contributed by atoms with Gasteiger partial charge in [0.2, 0.25) is 5.91 Å². The maximum absolute atomic E-state index is 12.6. The van der Waals surface area contributed by atoms with Gasteiger partial charge in [-0.15, -0.1) is 0 Å². The molecule has 1 amide bonds. The van der Waals surface area contributed by atoms with Crippen LogP contribution in [0.2, 0.25) is 0 Å². The third-order valence-corrected chi connectivity index (χ3v) is 7.34. The number of carbonyl (C=O) groups excluding carboxylic acids is 1. The summed E-state index contributed by atoms with van der Waals surface area (Å²) in [7, 11) is -6.58. The average molecular weight is 413 g/mol. The maximum Gasteiger partial charge on any atom is 0.332 e. The molecule has 8 nitrogen and oxygen atoms in total. The fourth-order valence-corrected chi connectivity index (χ4v) is 5.40. The summed E-state index contributed by atoms with van der Waals surface area (Å²) in [5, 5.41) is 0. The van der Waals surface area contributed by atoms with Crippen molar-refractivity contribution in [2.75, 3.05) is 51.8 Å². The van der Waals surface area contributed by atoms with Crippen molar-refractivity contribution >= 4 is 21.1 Å². The highest BCUT2D eigenvalue weighted by Crippen LogP contribution is 2.49. The summed E-state index contributed by atoms with van der Waals surface area (Å²) in [6, 6.07) is 0. The summed E-state index contributed by atoms with van der Waals surface area (Å²) in [5.74, 6) is -0.316. The third kappa shape index (κ3) is 9.45. The highest BCUT2D eigenvalue weighted by atomic mass is 31.2. The quantitative estimate of drug-likeness (QED) is 0.297. The molecular weight excluding hydrogens is 380 g/mol. The van der Waals surface area contributed by atoms with Crippen LogP contribution in [0.3, 0.4) is 0 Å². The summed E-state index contributed by atoms with van der Waals surface area (Å²) < 4.78 is 46.2. The van der Waals surface area contributed by atoms with Crippen LogP contribution in [-0.4, -0.2) is 62.6 Å². The summed E-state index contributed by atoms with van der Waals surface area (Å²) in [5.41, 5.74) is 0.329. The molecule has 0 aromatic heterocycles. The number of amides is 1. The Morgan fingerprint density at radius 3 is 1.35 bits per heavy atom. The number of hydrogen-bond donors (Lipinski definition) is 0. The second-order valence-electron chi connectivity index (χ2n) is 5.41. The molecule has 0 N–H and O–H groups in total. The minimum atomic E-state index is -3.29. The molecule has 0 bridgehead atoms. The molecule has 0 saturated carbocycles.